The Balaban J connectivity index is 2.06. The van der Waals surface area contributed by atoms with Crippen molar-refractivity contribution in [2.75, 3.05) is 0 Å². The van der Waals surface area contributed by atoms with Crippen LogP contribution in [0, 0.1) is 23.3 Å². The summed E-state index contributed by atoms with van der Waals surface area (Å²) >= 11 is 0. The summed E-state index contributed by atoms with van der Waals surface area (Å²) in [5.41, 5.74) is 1.84. The van der Waals surface area contributed by atoms with Crippen molar-refractivity contribution >= 4 is 11.6 Å². The maximum Gasteiger partial charge on any atom is 0.159 e. The molecule has 0 radical (unpaired) electrons. The molecule has 2 aromatic carbocycles. The molecule has 1 aliphatic carbocycles. The molecule has 0 fully saturated rings. The standard InChI is InChI=1S/C17H12F4/c1-2-9-3-15(20)17(16(21)4-9)12-5-10-7-13(18)14(19)8-11(10)6-12/h3-5,7-8H,2,6H2,1H3. The molecule has 0 nitrogen and oxygen atoms in total. The van der Waals surface area contributed by atoms with Crippen LogP contribution in [0.5, 0.6) is 0 Å². The highest BCUT2D eigenvalue weighted by Crippen LogP contribution is 2.35. The van der Waals surface area contributed by atoms with Gasteiger partial charge in [-0.2, -0.15) is 0 Å². The largest absolute Gasteiger partial charge is 0.206 e. The molecule has 0 bridgehead atoms. The second-order valence-electron chi connectivity index (χ2n) is 5.10. The summed E-state index contributed by atoms with van der Waals surface area (Å²) < 4.78 is 54.6. The van der Waals surface area contributed by atoms with Crippen molar-refractivity contribution in [1.29, 1.82) is 0 Å². The van der Waals surface area contributed by atoms with Crippen molar-refractivity contribution in [3.63, 3.8) is 0 Å². The molecule has 1 aliphatic rings. The maximum absolute atomic E-state index is 14.1. The third-order valence-electron chi connectivity index (χ3n) is 3.72. The number of allylic oxidation sites excluding steroid dienone is 1. The molecule has 0 amide bonds. The van der Waals surface area contributed by atoms with E-state index in [-0.39, 0.29) is 12.0 Å². The topological polar surface area (TPSA) is 0 Å². The van der Waals surface area contributed by atoms with E-state index in [4.69, 9.17) is 0 Å². The highest BCUT2D eigenvalue weighted by atomic mass is 19.2. The summed E-state index contributed by atoms with van der Waals surface area (Å²) in [4.78, 5) is 0. The molecule has 0 atom stereocenters. The summed E-state index contributed by atoms with van der Waals surface area (Å²) in [6.07, 6.45) is 2.22. The molecular weight excluding hydrogens is 280 g/mol. The number of benzene rings is 2. The van der Waals surface area contributed by atoms with Gasteiger partial charge in [0, 0.05) is 5.56 Å². The zero-order chi connectivity index (χ0) is 15.1. The fourth-order valence-corrected chi connectivity index (χ4v) is 2.63. The fourth-order valence-electron chi connectivity index (χ4n) is 2.63. The van der Waals surface area contributed by atoms with Crippen LogP contribution < -0.4 is 0 Å². The average Bonchev–Trinajstić information content (AvgIpc) is 2.80. The Labute approximate surface area is 119 Å². The smallest absolute Gasteiger partial charge is 0.159 e. The van der Waals surface area contributed by atoms with E-state index in [1.165, 1.54) is 18.2 Å². The molecule has 0 heterocycles. The Morgan fingerprint density at radius 3 is 2.10 bits per heavy atom. The molecule has 21 heavy (non-hydrogen) atoms. The van der Waals surface area contributed by atoms with Crippen LogP contribution in [-0.4, -0.2) is 0 Å². The van der Waals surface area contributed by atoms with E-state index < -0.39 is 23.3 Å². The summed E-state index contributed by atoms with van der Waals surface area (Å²) in [5, 5.41) is 0. The lowest BCUT2D eigenvalue weighted by molar-refractivity contribution is 0.507. The molecule has 0 saturated carbocycles. The molecule has 0 aliphatic heterocycles. The van der Waals surface area contributed by atoms with E-state index in [0.29, 0.717) is 28.7 Å². The van der Waals surface area contributed by atoms with Gasteiger partial charge in [0.05, 0.1) is 0 Å². The lowest BCUT2D eigenvalue weighted by atomic mass is 10.00. The van der Waals surface area contributed by atoms with Crippen LogP contribution in [0.4, 0.5) is 17.6 Å². The molecule has 0 unspecified atom stereocenters. The molecule has 2 aromatic rings. The number of fused-ring (bicyclic) bond motifs is 1. The molecule has 3 rings (SSSR count). The van der Waals surface area contributed by atoms with Crippen LogP contribution in [0.15, 0.2) is 24.3 Å². The summed E-state index contributed by atoms with van der Waals surface area (Å²) in [7, 11) is 0. The van der Waals surface area contributed by atoms with Crippen molar-refractivity contribution in [2.45, 2.75) is 19.8 Å². The van der Waals surface area contributed by atoms with Crippen LogP contribution in [0.25, 0.3) is 11.6 Å². The zero-order valence-electron chi connectivity index (χ0n) is 11.3. The van der Waals surface area contributed by atoms with Gasteiger partial charge in [-0.1, -0.05) is 13.0 Å². The number of halogens is 4. The Morgan fingerprint density at radius 1 is 0.857 bits per heavy atom. The average molecular weight is 292 g/mol. The van der Waals surface area contributed by atoms with Gasteiger partial charge in [-0.15, -0.1) is 0 Å². The van der Waals surface area contributed by atoms with Crippen LogP contribution in [0.3, 0.4) is 0 Å². The van der Waals surface area contributed by atoms with Crippen LogP contribution >= 0.6 is 0 Å². The lowest BCUT2D eigenvalue weighted by Gasteiger charge is -2.08. The Bertz CT molecular complexity index is 737. The van der Waals surface area contributed by atoms with E-state index >= 15 is 0 Å². The van der Waals surface area contributed by atoms with E-state index in [1.54, 1.807) is 0 Å². The Hall–Kier alpha value is -2.10. The Kier molecular flexibility index (Phi) is 3.32. The number of hydrogen-bond acceptors (Lipinski definition) is 0. The molecule has 4 heteroatoms. The van der Waals surface area contributed by atoms with Gasteiger partial charge in [-0.3, -0.25) is 0 Å². The molecule has 0 aromatic heterocycles. The van der Waals surface area contributed by atoms with Crippen molar-refractivity contribution < 1.29 is 17.6 Å². The normalized spacial score (nSPS) is 13.3. The van der Waals surface area contributed by atoms with E-state index in [2.05, 4.69) is 0 Å². The van der Waals surface area contributed by atoms with Gasteiger partial charge >= 0.3 is 0 Å². The Morgan fingerprint density at radius 2 is 1.48 bits per heavy atom. The van der Waals surface area contributed by atoms with E-state index in [9.17, 15) is 17.6 Å². The van der Waals surface area contributed by atoms with Gasteiger partial charge in [-0.25, -0.2) is 17.6 Å². The van der Waals surface area contributed by atoms with Gasteiger partial charge in [0.2, 0.25) is 0 Å². The molecule has 0 spiro atoms. The quantitative estimate of drug-likeness (QED) is 0.690. The predicted octanol–water partition coefficient (Wildman–Crippen LogP) is 4.90. The molecular formula is C17H12F4. The van der Waals surface area contributed by atoms with Crippen LogP contribution in [0.2, 0.25) is 0 Å². The SMILES string of the molecule is CCc1cc(F)c(C2=Cc3cc(F)c(F)cc3C2)c(F)c1. The number of rotatable bonds is 2. The van der Waals surface area contributed by atoms with Gasteiger partial charge in [0.15, 0.2) is 11.6 Å². The highest BCUT2D eigenvalue weighted by molar-refractivity contribution is 5.89. The summed E-state index contributed by atoms with van der Waals surface area (Å²) in [6, 6.07) is 4.71. The number of aryl methyl sites for hydroxylation is 1. The third-order valence-corrected chi connectivity index (χ3v) is 3.72. The molecule has 108 valence electrons. The van der Waals surface area contributed by atoms with Crippen molar-refractivity contribution in [1.82, 2.24) is 0 Å². The van der Waals surface area contributed by atoms with Crippen molar-refractivity contribution in [3.05, 3.63) is 69.8 Å². The van der Waals surface area contributed by atoms with Gasteiger partial charge in [0.25, 0.3) is 0 Å². The predicted molar refractivity (Wildman–Crippen MR) is 73.7 cm³/mol. The van der Waals surface area contributed by atoms with Crippen LogP contribution in [0.1, 0.15) is 29.2 Å². The van der Waals surface area contributed by atoms with Gasteiger partial charge < -0.3 is 0 Å². The van der Waals surface area contributed by atoms with E-state index in [0.717, 1.165) is 12.1 Å². The first-order valence-electron chi connectivity index (χ1n) is 6.66. The second-order valence-corrected chi connectivity index (χ2v) is 5.10. The third kappa shape index (κ3) is 2.35. The molecule has 0 N–H and O–H groups in total. The highest BCUT2D eigenvalue weighted by Gasteiger charge is 2.22. The minimum Gasteiger partial charge on any atom is -0.206 e. The first-order chi connectivity index (χ1) is 9.99. The van der Waals surface area contributed by atoms with Crippen molar-refractivity contribution in [3.8, 4) is 0 Å². The first-order valence-corrected chi connectivity index (χ1v) is 6.66. The minimum atomic E-state index is -0.964. The van der Waals surface area contributed by atoms with E-state index in [1.807, 2.05) is 6.92 Å². The summed E-state index contributed by atoms with van der Waals surface area (Å²) in [5.74, 6) is -3.21. The second kappa shape index (κ2) is 5.02. The zero-order valence-corrected chi connectivity index (χ0v) is 11.3. The van der Waals surface area contributed by atoms with Crippen LogP contribution in [-0.2, 0) is 12.8 Å². The van der Waals surface area contributed by atoms with Gasteiger partial charge in [0.1, 0.15) is 11.6 Å². The van der Waals surface area contributed by atoms with Crippen molar-refractivity contribution in [2.24, 2.45) is 0 Å². The summed E-state index contributed by atoms with van der Waals surface area (Å²) in [6.45, 7) is 1.81. The van der Waals surface area contributed by atoms with Gasteiger partial charge in [-0.05, 0) is 59.4 Å². The lowest BCUT2D eigenvalue weighted by Crippen LogP contribution is -1.98. The minimum absolute atomic E-state index is 0.121. The first kappa shape index (κ1) is 13.9. The number of hydrogen-bond donors (Lipinski definition) is 0. The maximum atomic E-state index is 14.1. The fraction of sp³-hybridized carbons (Fsp3) is 0.176. The monoisotopic (exact) mass is 292 g/mol. The molecule has 0 saturated heterocycles.